The van der Waals surface area contributed by atoms with E-state index in [2.05, 4.69) is 10.6 Å². The second-order valence-electron chi connectivity index (χ2n) is 6.25. The molecule has 2 N–H and O–H groups in total. The van der Waals surface area contributed by atoms with E-state index in [0.717, 1.165) is 24.9 Å². The smallest absolute Gasteiger partial charge is 0.292 e. The largest absolute Gasteiger partial charge is 0.319 e. The van der Waals surface area contributed by atoms with Gasteiger partial charge in [-0.05, 0) is 43.4 Å². The Labute approximate surface area is 124 Å². The predicted molar refractivity (Wildman–Crippen MR) is 81.3 cm³/mol. The third-order valence-corrected chi connectivity index (χ3v) is 4.00. The zero-order valence-electron chi connectivity index (χ0n) is 12.6. The topological polar surface area (TPSA) is 84.3 Å². The van der Waals surface area contributed by atoms with Gasteiger partial charge in [-0.15, -0.1) is 0 Å². The first-order valence-corrected chi connectivity index (χ1v) is 7.10. The molecule has 2 rings (SSSR count). The molecule has 0 aromatic heterocycles. The summed E-state index contributed by atoms with van der Waals surface area (Å²) in [5.74, 6) is -0.214. The van der Waals surface area contributed by atoms with E-state index in [0.29, 0.717) is 0 Å². The van der Waals surface area contributed by atoms with Gasteiger partial charge in [0.15, 0.2) is 0 Å². The molecular formula is C15H21N3O3. The molecule has 1 aromatic rings. The average molecular weight is 291 g/mol. The number of amides is 1. The fraction of sp³-hybridized carbons (Fsp3) is 0.533. The van der Waals surface area contributed by atoms with Crippen molar-refractivity contribution in [3.05, 3.63) is 33.9 Å². The zero-order valence-corrected chi connectivity index (χ0v) is 12.6. The Bertz CT molecular complexity index is 569. The quantitative estimate of drug-likeness (QED) is 0.662. The molecule has 1 aliphatic rings. The molecule has 0 aliphatic carbocycles. The fourth-order valence-electron chi connectivity index (χ4n) is 2.77. The number of piperidine rings is 1. The molecule has 0 bridgehead atoms. The normalized spacial score (nSPS) is 20.8. The monoisotopic (exact) mass is 291 g/mol. The Morgan fingerprint density at radius 3 is 2.81 bits per heavy atom. The minimum absolute atomic E-state index is 0.0810. The third kappa shape index (κ3) is 3.39. The van der Waals surface area contributed by atoms with Crippen molar-refractivity contribution in [3.8, 4) is 0 Å². The van der Waals surface area contributed by atoms with Crippen LogP contribution >= 0.6 is 0 Å². The van der Waals surface area contributed by atoms with Crippen LogP contribution in [0.3, 0.4) is 0 Å². The second kappa shape index (κ2) is 5.81. The van der Waals surface area contributed by atoms with Crippen LogP contribution in [-0.2, 0) is 4.79 Å². The molecule has 114 valence electrons. The Kier molecular flexibility index (Phi) is 4.27. The summed E-state index contributed by atoms with van der Waals surface area (Å²) in [5.41, 5.74) is 0.878. The van der Waals surface area contributed by atoms with Gasteiger partial charge in [0.05, 0.1) is 11.0 Å². The van der Waals surface area contributed by atoms with Crippen LogP contribution in [0.4, 0.5) is 11.4 Å². The van der Waals surface area contributed by atoms with E-state index >= 15 is 0 Å². The second-order valence-corrected chi connectivity index (χ2v) is 6.25. The highest BCUT2D eigenvalue weighted by Gasteiger charge is 2.37. The van der Waals surface area contributed by atoms with E-state index in [1.54, 1.807) is 12.1 Å². The van der Waals surface area contributed by atoms with Gasteiger partial charge in [-0.25, -0.2) is 0 Å². The average Bonchev–Trinajstić information content (AvgIpc) is 2.37. The maximum atomic E-state index is 12.5. The van der Waals surface area contributed by atoms with E-state index in [9.17, 15) is 14.9 Å². The molecule has 1 heterocycles. The molecule has 1 amide bonds. The van der Waals surface area contributed by atoms with Gasteiger partial charge in [0.25, 0.3) is 5.69 Å². The molecule has 1 aromatic carbocycles. The number of carbonyl (C=O) groups excluding carboxylic acids is 1. The minimum Gasteiger partial charge on any atom is -0.319 e. The van der Waals surface area contributed by atoms with Crippen molar-refractivity contribution in [2.45, 2.75) is 39.7 Å². The van der Waals surface area contributed by atoms with Gasteiger partial charge in [0, 0.05) is 6.07 Å². The van der Waals surface area contributed by atoms with E-state index in [-0.39, 0.29) is 28.7 Å². The van der Waals surface area contributed by atoms with Crippen LogP contribution in [0.15, 0.2) is 18.2 Å². The van der Waals surface area contributed by atoms with Crippen LogP contribution in [0, 0.1) is 22.5 Å². The summed E-state index contributed by atoms with van der Waals surface area (Å²) in [7, 11) is 0. The van der Waals surface area contributed by atoms with Crippen LogP contribution in [0.25, 0.3) is 0 Å². The fourth-order valence-corrected chi connectivity index (χ4v) is 2.77. The molecule has 6 heteroatoms. The number of aryl methyl sites for hydroxylation is 1. The van der Waals surface area contributed by atoms with Gasteiger partial charge < -0.3 is 10.6 Å². The number of nitrogens with zero attached hydrogens (tertiary/aromatic N) is 1. The molecule has 6 nitrogen and oxygen atoms in total. The predicted octanol–water partition coefficient (Wildman–Crippen LogP) is 2.62. The highest BCUT2D eigenvalue weighted by atomic mass is 16.6. The molecule has 0 radical (unpaired) electrons. The third-order valence-electron chi connectivity index (χ3n) is 4.00. The highest BCUT2D eigenvalue weighted by Crippen LogP contribution is 2.32. The molecule has 0 saturated carbocycles. The summed E-state index contributed by atoms with van der Waals surface area (Å²) in [5, 5.41) is 17.0. The first kappa shape index (κ1) is 15.4. The maximum absolute atomic E-state index is 12.5. The SMILES string of the molecule is Cc1ccc([N+](=O)[O-])c(NC(=O)C2NCCCC2(C)C)c1. The summed E-state index contributed by atoms with van der Waals surface area (Å²) >= 11 is 0. The van der Waals surface area contributed by atoms with Crippen molar-refractivity contribution in [1.29, 1.82) is 0 Å². The van der Waals surface area contributed by atoms with E-state index in [1.807, 2.05) is 20.8 Å². The lowest BCUT2D eigenvalue weighted by Gasteiger charge is -2.38. The van der Waals surface area contributed by atoms with Crippen LogP contribution in [0.1, 0.15) is 32.3 Å². The number of hydrogen-bond acceptors (Lipinski definition) is 4. The van der Waals surface area contributed by atoms with E-state index < -0.39 is 4.92 Å². The summed E-state index contributed by atoms with van der Waals surface area (Å²) in [4.78, 5) is 23.1. The highest BCUT2D eigenvalue weighted by molar-refractivity contribution is 5.97. The number of nitro benzene ring substituents is 1. The molecule has 21 heavy (non-hydrogen) atoms. The van der Waals surface area contributed by atoms with Gasteiger partial charge in [-0.3, -0.25) is 14.9 Å². The van der Waals surface area contributed by atoms with Gasteiger partial charge in [-0.2, -0.15) is 0 Å². The van der Waals surface area contributed by atoms with Crippen molar-refractivity contribution in [2.24, 2.45) is 5.41 Å². The molecule has 1 saturated heterocycles. The van der Waals surface area contributed by atoms with Gasteiger partial charge in [-0.1, -0.05) is 19.9 Å². The van der Waals surface area contributed by atoms with Crippen molar-refractivity contribution in [1.82, 2.24) is 5.32 Å². The number of rotatable bonds is 3. The first-order valence-electron chi connectivity index (χ1n) is 7.10. The lowest BCUT2D eigenvalue weighted by Crippen LogP contribution is -2.53. The summed E-state index contributed by atoms with van der Waals surface area (Å²) in [6.07, 6.45) is 1.98. The van der Waals surface area contributed by atoms with Crippen LogP contribution < -0.4 is 10.6 Å². The number of nitrogens with one attached hydrogen (secondary N) is 2. The van der Waals surface area contributed by atoms with Crippen LogP contribution in [0.5, 0.6) is 0 Å². The molecular weight excluding hydrogens is 270 g/mol. The minimum atomic E-state index is -0.478. The zero-order chi connectivity index (χ0) is 15.6. The Hall–Kier alpha value is -1.95. The number of benzene rings is 1. The maximum Gasteiger partial charge on any atom is 0.292 e. The van der Waals surface area contributed by atoms with Crippen molar-refractivity contribution in [2.75, 3.05) is 11.9 Å². The molecule has 1 fully saturated rings. The van der Waals surface area contributed by atoms with E-state index in [4.69, 9.17) is 0 Å². The van der Waals surface area contributed by atoms with Gasteiger partial charge in [0.2, 0.25) is 5.91 Å². The Morgan fingerprint density at radius 2 is 2.19 bits per heavy atom. The van der Waals surface area contributed by atoms with Gasteiger partial charge >= 0.3 is 0 Å². The summed E-state index contributed by atoms with van der Waals surface area (Å²) in [6, 6.07) is 4.37. The summed E-state index contributed by atoms with van der Waals surface area (Å²) < 4.78 is 0. The number of carbonyl (C=O) groups is 1. The van der Waals surface area contributed by atoms with Gasteiger partial charge in [0.1, 0.15) is 5.69 Å². The van der Waals surface area contributed by atoms with Crippen LogP contribution in [-0.4, -0.2) is 23.4 Å². The van der Waals surface area contributed by atoms with Crippen LogP contribution in [0.2, 0.25) is 0 Å². The Balaban J connectivity index is 2.23. The molecule has 0 spiro atoms. The lowest BCUT2D eigenvalue weighted by atomic mass is 9.77. The first-order chi connectivity index (χ1) is 9.81. The number of anilines is 1. The lowest BCUT2D eigenvalue weighted by molar-refractivity contribution is -0.383. The number of nitro groups is 1. The van der Waals surface area contributed by atoms with Crippen molar-refractivity contribution < 1.29 is 9.72 Å². The van der Waals surface area contributed by atoms with Crippen molar-refractivity contribution >= 4 is 17.3 Å². The molecule has 1 atom stereocenters. The summed E-state index contributed by atoms with van der Waals surface area (Å²) in [6.45, 7) is 6.70. The Morgan fingerprint density at radius 1 is 1.48 bits per heavy atom. The van der Waals surface area contributed by atoms with Crippen molar-refractivity contribution in [3.63, 3.8) is 0 Å². The molecule has 1 unspecified atom stereocenters. The van der Waals surface area contributed by atoms with E-state index in [1.165, 1.54) is 6.07 Å². The molecule has 1 aliphatic heterocycles. The number of hydrogen-bond donors (Lipinski definition) is 2. The standard InChI is InChI=1S/C15H21N3O3/c1-10-5-6-12(18(20)21)11(9-10)17-14(19)13-15(2,3)7-4-8-16-13/h5-6,9,13,16H,4,7-8H2,1-3H3,(H,17,19).